The van der Waals surface area contributed by atoms with Gasteiger partial charge in [0, 0.05) is 11.9 Å². The third-order valence-corrected chi connectivity index (χ3v) is 2.08. The molecule has 0 heterocycles. The first-order chi connectivity index (χ1) is 7.54. The Bertz CT molecular complexity index is 368. The highest BCUT2D eigenvalue weighted by atomic mass is 19.1. The van der Waals surface area contributed by atoms with Gasteiger partial charge in [-0.3, -0.25) is 0 Å². The molecule has 0 saturated heterocycles. The molecule has 0 aliphatic rings. The lowest BCUT2D eigenvalue weighted by Gasteiger charge is -2.16. The monoisotopic (exact) mass is 224 g/mol. The quantitative estimate of drug-likeness (QED) is 0.575. The van der Waals surface area contributed by atoms with E-state index in [0.29, 0.717) is 6.42 Å². The summed E-state index contributed by atoms with van der Waals surface area (Å²) in [5, 5.41) is 18.1. The molecule has 0 saturated carbocycles. The maximum absolute atomic E-state index is 12.9. The molecule has 5 heteroatoms. The van der Waals surface area contributed by atoms with Crippen LogP contribution in [0, 0.1) is 5.82 Å². The van der Waals surface area contributed by atoms with Gasteiger partial charge in [0.05, 0.1) is 6.10 Å². The summed E-state index contributed by atoms with van der Waals surface area (Å²) in [4.78, 5) is 0. The lowest BCUT2D eigenvalue weighted by atomic mass is 9.79. The SMILES string of the molecule is C=CC[C@H](C)Oc1ccc(F)cc1B(O)O. The molecule has 16 heavy (non-hydrogen) atoms. The molecule has 2 N–H and O–H groups in total. The standard InChI is InChI=1S/C11H14BFO3/c1-3-4-8(2)16-11-6-5-9(13)7-10(11)12(14)15/h3,5-8,14-15H,1,4H2,2H3/t8-/m0/s1. The molecular weight excluding hydrogens is 210 g/mol. The number of hydrogen-bond acceptors (Lipinski definition) is 3. The second kappa shape index (κ2) is 5.68. The molecule has 0 aliphatic carbocycles. The third-order valence-electron chi connectivity index (χ3n) is 2.08. The summed E-state index contributed by atoms with van der Waals surface area (Å²) >= 11 is 0. The van der Waals surface area contributed by atoms with Crippen molar-refractivity contribution in [3.63, 3.8) is 0 Å². The van der Waals surface area contributed by atoms with Gasteiger partial charge < -0.3 is 14.8 Å². The van der Waals surface area contributed by atoms with Crippen molar-refractivity contribution in [3.8, 4) is 5.75 Å². The Kier molecular flexibility index (Phi) is 4.52. The maximum Gasteiger partial charge on any atom is 0.492 e. The van der Waals surface area contributed by atoms with E-state index in [1.165, 1.54) is 12.1 Å². The van der Waals surface area contributed by atoms with Crippen LogP contribution in [0.5, 0.6) is 5.75 Å². The lowest BCUT2D eigenvalue weighted by Crippen LogP contribution is -2.33. The van der Waals surface area contributed by atoms with Crippen molar-refractivity contribution in [2.24, 2.45) is 0 Å². The minimum absolute atomic E-state index is 0.0240. The summed E-state index contributed by atoms with van der Waals surface area (Å²) in [7, 11) is -1.75. The van der Waals surface area contributed by atoms with Gasteiger partial charge in [-0.15, -0.1) is 6.58 Å². The summed E-state index contributed by atoms with van der Waals surface area (Å²) in [5.74, 6) is -0.266. The van der Waals surface area contributed by atoms with E-state index in [-0.39, 0.29) is 17.3 Å². The van der Waals surface area contributed by atoms with Gasteiger partial charge in [-0.25, -0.2) is 4.39 Å². The van der Waals surface area contributed by atoms with E-state index in [9.17, 15) is 4.39 Å². The van der Waals surface area contributed by atoms with Crippen LogP contribution in [0.25, 0.3) is 0 Å². The Hall–Kier alpha value is -1.33. The lowest BCUT2D eigenvalue weighted by molar-refractivity contribution is 0.226. The summed E-state index contributed by atoms with van der Waals surface area (Å²) in [6, 6.07) is 3.63. The minimum Gasteiger partial charge on any atom is -0.491 e. The smallest absolute Gasteiger partial charge is 0.491 e. The molecule has 0 radical (unpaired) electrons. The topological polar surface area (TPSA) is 49.7 Å². The molecule has 1 atom stereocenters. The van der Waals surface area contributed by atoms with Gasteiger partial charge in [-0.2, -0.15) is 0 Å². The first kappa shape index (κ1) is 12.7. The number of benzene rings is 1. The fraction of sp³-hybridized carbons (Fsp3) is 0.273. The Balaban J connectivity index is 2.90. The van der Waals surface area contributed by atoms with Crippen LogP contribution in [-0.4, -0.2) is 23.3 Å². The maximum atomic E-state index is 12.9. The summed E-state index contributed by atoms with van der Waals surface area (Å²) in [6.07, 6.45) is 2.17. The number of ether oxygens (including phenoxy) is 1. The van der Waals surface area contributed by atoms with Crippen LogP contribution >= 0.6 is 0 Å². The van der Waals surface area contributed by atoms with Gasteiger partial charge in [-0.05, 0) is 25.1 Å². The largest absolute Gasteiger partial charge is 0.492 e. The predicted molar refractivity (Wildman–Crippen MR) is 61.1 cm³/mol. The minimum atomic E-state index is -1.75. The zero-order valence-corrected chi connectivity index (χ0v) is 9.06. The Labute approximate surface area is 94.3 Å². The van der Waals surface area contributed by atoms with Gasteiger partial charge in [0.25, 0.3) is 0 Å². The summed E-state index contributed by atoms with van der Waals surface area (Å²) < 4.78 is 18.3. The highest BCUT2D eigenvalue weighted by Crippen LogP contribution is 2.13. The van der Waals surface area contributed by atoms with E-state index in [1.807, 2.05) is 6.92 Å². The highest BCUT2D eigenvalue weighted by Gasteiger charge is 2.19. The molecule has 1 rings (SSSR count). The molecule has 0 spiro atoms. The van der Waals surface area contributed by atoms with E-state index in [1.54, 1.807) is 6.08 Å². The van der Waals surface area contributed by atoms with Crippen LogP contribution in [0.3, 0.4) is 0 Å². The zero-order chi connectivity index (χ0) is 12.1. The van der Waals surface area contributed by atoms with Crippen molar-refractivity contribution in [2.75, 3.05) is 0 Å². The molecule has 0 aromatic heterocycles. The Morgan fingerprint density at radius 3 is 2.81 bits per heavy atom. The van der Waals surface area contributed by atoms with Crippen molar-refractivity contribution < 1.29 is 19.2 Å². The Morgan fingerprint density at radius 2 is 2.25 bits per heavy atom. The van der Waals surface area contributed by atoms with Crippen molar-refractivity contribution >= 4 is 12.6 Å². The number of hydrogen-bond donors (Lipinski definition) is 2. The second-order valence-electron chi connectivity index (χ2n) is 3.51. The molecule has 0 aliphatic heterocycles. The van der Waals surface area contributed by atoms with Crippen LogP contribution in [0.1, 0.15) is 13.3 Å². The third kappa shape index (κ3) is 3.36. The summed E-state index contributed by atoms with van der Waals surface area (Å²) in [6.45, 7) is 5.39. The van der Waals surface area contributed by atoms with E-state index in [0.717, 1.165) is 6.07 Å². The van der Waals surface area contributed by atoms with E-state index < -0.39 is 12.9 Å². The van der Waals surface area contributed by atoms with Crippen LogP contribution in [0.2, 0.25) is 0 Å². The number of halogens is 1. The van der Waals surface area contributed by atoms with Gasteiger partial charge >= 0.3 is 7.12 Å². The van der Waals surface area contributed by atoms with Crippen LogP contribution in [0.15, 0.2) is 30.9 Å². The fourth-order valence-corrected chi connectivity index (χ4v) is 1.33. The molecule has 0 fully saturated rings. The molecule has 86 valence electrons. The van der Waals surface area contributed by atoms with E-state index in [2.05, 4.69) is 6.58 Å². The molecule has 1 aromatic carbocycles. The molecular formula is C11H14BFO3. The van der Waals surface area contributed by atoms with Crippen LogP contribution in [0.4, 0.5) is 4.39 Å². The average molecular weight is 224 g/mol. The van der Waals surface area contributed by atoms with Gasteiger partial charge in [0.2, 0.25) is 0 Å². The highest BCUT2D eigenvalue weighted by molar-refractivity contribution is 6.59. The average Bonchev–Trinajstić information content (AvgIpc) is 2.20. The molecule has 3 nitrogen and oxygen atoms in total. The van der Waals surface area contributed by atoms with E-state index >= 15 is 0 Å². The first-order valence-corrected chi connectivity index (χ1v) is 4.97. The van der Waals surface area contributed by atoms with Crippen molar-refractivity contribution in [1.29, 1.82) is 0 Å². The zero-order valence-electron chi connectivity index (χ0n) is 9.06. The second-order valence-corrected chi connectivity index (χ2v) is 3.51. The molecule has 0 unspecified atom stereocenters. The van der Waals surface area contributed by atoms with Crippen LogP contribution < -0.4 is 10.2 Å². The van der Waals surface area contributed by atoms with Gasteiger partial charge in [0.1, 0.15) is 11.6 Å². The van der Waals surface area contributed by atoms with Crippen molar-refractivity contribution in [2.45, 2.75) is 19.4 Å². The summed E-state index contributed by atoms with van der Waals surface area (Å²) in [5.41, 5.74) is 0.0240. The van der Waals surface area contributed by atoms with Crippen molar-refractivity contribution in [3.05, 3.63) is 36.7 Å². The van der Waals surface area contributed by atoms with Gasteiger partial charge in [0.15, 0.2) is 0 Å². The van der Waals surface area contributed by atoms with Crippen LogP contribution in [-0.2, 0) is 0 Å². The van der Waals surface area contributed by atoms with Gasteiger partial charge in [-0.1, -0.05) is 6.08 Å². The molecule has 0 bridgehead atoms. The first-order valence-electron chi connectivity index (χ1n) is 4.97. The Morgan fingerprint density at radius 1 is 1.56 bits per heavy atom. The fourth-order valence-electron chi connectivity index (χ4n) is 1.33. The molecule has 0 amide bonds. The normalized spacial score (nSPS) is 12.0. The van der Waals surface area contributed by atoms with Crippen molar-refractivity contribution in [1.82, 2.24) is 0 Å². The number of rotatable bonds is 5. The van der Waals surface area contributed by atoms with E-state index in [4.69, 9.17) is 14.8 Å². The molecule has 1 aromatic rings. The predicted octanol–water partition coefficient (Wildman–Crippen LogP) is 0.849.